The Kier molecular flexibility index (Phi) is 7.87. The molecule has 0 spiro atoms. The summed E-state index contributed by atoms with van der Waals surface area (Å²) in [6.07, 6.45) is 9.59. The zero-order valence-corrected chi connectivity index (χ0v) is 24.3. The molecule has 1 unspecified atom stereocenters. The molecule has 0 aromatic heterocycles. The lowest BCUT2D eigenvalue weighted by atomic mass is 9.99. The highest BCUT2D eigenvalue weighted by Crippen LogP contribution is 2.37. The van der Waals surface area contributed by atoms with Gasteiger partial charge in [-0.25, -0.2) is 0 Å². The van der Waals surface area contributed by atoms with Gasteiger partial charge in [0.05, 0.1) is 6.04 Å². The van der Waals surface area contributed by atoms with E-state index in [1.165, 1.54) is 39.2 Å². The van der Waals surface area contributed by atoms with Gasteiger partial charge in [0.15, 0.2) is 0 Å². The number of hydrogen-bond acceptors (Lipinski definition) is 2. The fourth-order valence-electron chi connectivity index (χ4n) is 5.69. The van der Waals surface area contributed by atoms with E-state index in [0.29, 0.717) is 0 Å². The lowest BCUT2D eigenvalue weighted by Crippen LogP contribution is -2.30. The van der Waals surface area contributed by atoms with Gasteiger partial charge in [0, 0.05) is 28.4 Å². The van der Waals surface area contributed by atoms with E-state index in [2.05, 4.69) is 176 Å². The zero-order chi connectivity index (χ0) is 28.9. The van der Waals surface area contributed by atoms with Crippen LogP contribution >= 0.6 is 0 Å². The molecule has 2 heteroatoms. The average molecular weight is 545 g/mol. The van der Waals surface area contributed by atoms with Crippen LogP contribution in [0.1, 0.15) is 17.5 Å². The van der Waals surface area contributed by atoms with Crippen molar-refractivity contribution in [1.29, 1.82) is 0 Å². The van der Waals surface area contributed by atoms with E-state index in [4.69, 9.17) is 0 Å². The van der Waals surface area contributed by atoms with E-state index in [0.717, 1.165) is 23.5 Å². The Bertz CT molecular complexity index is 1730. The molecule has 1 aliphatic carbocycles. The van der Waals surface area contributed by atoms with Gasteiger partial charge in [0.2, 0.25) is 0 Å². The van der Waals surface area contributed by atoms with Gasteiger partial charge in [0.1, 0.15) is 0 Å². The first-order valence-corrected chi connectivity index (χ1v) is 14.6. The van der Waals surface area contributed by atoms with Gasteiger partial charge in [-0.2, -0.15) is 0 Å². The molecule has 0 aliphatic heterocycles. The predicted octanol–water partition coefficient (Wildman–Crippen LogP) is 11.0. The summed E-state index contributed by atoms with van der Waals surface area (Å²) in [4.78, 5) is 4.75. The van der Waals surface area contributed by atoms with Gasteiger partial charge in [-0.1, -0.05) is 97.6 Å². The molecule has 0 fully saturated rings. The summed E-state index contributed by atoms with van der Waals surface area (Å²) in [6.45, 7) is 8.22. The Morgan fingerprint density at radius 1 is 0.595 bits per heavy atom. The quantitative estimate of drug-likeness (QED) is 0.192. The molecule has 0 bridgehead atoms. The normalized spacial score (nSPS) is 14.2. The molecule has 2 nitrogen and oxygen atoms in total. The lowest BCUT2D eigenvalue weighted by Gasteiger charge is -2.33. The number of anilines is 5. The van der Waals surface area contributed by atoms with Crippen LogP contribution in [0.4, 0.5) is 28.4 Å². The molecular formula is C40H36N2. The molecule has 42 heavy (non-hydrogen) atoms. The first-order valence-electron chi connectivity index (χ1n) is 14.6. The summed E-state index contributed by atoms with van der Waals surface area (Å²) in [7, 11) is 0. The third-order valence-electron chi connectivity index (χ3n) is 7.83. The molecular weight excluding hydrogens is 508 g/mol. The summed E-state index contributed by atoms with van der Waals surface area (Å²) in [5, 5.41) is 0. The van der Waals surface area contributed by atoms with Crippen molar-refractivity contribution >= 4 is 28.4 Å². The second-order valence-electron chi connectivity index (χ2n) is 10.9. The second kappa shape index (κ2) is 12.2. The number of allylic oxidation sites excluding steroid dienone is 3. The molecule has 206 valence electrons. The highest BCUT2D eigenvalue weighted by Gasteiger charge is 2.20. The van der Waals surface area contributed by atoms with E-state index in [-0.39, 0.29) is 6.04 Å². The number of benzene rings is 5. The van der Waals surface area contributed by atoms with E-state index in [1.54, 1.807) is 0 Å². The van der Waals surface area contributed by atoms with Gasteiger partial charge in [-0.05, 0) is 109 Å². The topological polar surface area (TPSA) is 6.48 Å². The first kappa shape index (κ1) is 27.1. The molecule has 0 saturated heterocycles. The van der Waals surface area contributed by atoms with Crippen LogP contribution in [0.3, 0.4) is 0 Å². The third kappa shape index (κ3) is 5.84. The molecule has 0 heterocycles. The molecule has 0 N–H and O–H groups in total. The van der Waals surface area contributed by atoms with Crippen molar-refractivity contribution in [1.82, 2.24) is 0 Å². The zero-order valence-electron chi connectivity index (χ0n) is 24.3. The molecule has 0 amide bonds. The Hall–Kier alpha value is -5.08. The minimum absolute atomic E-state index is 0.242. The summed E-state index contributed by atoms with van der Waals surface area (Å²) < 4.78 is 0. The Morgan fingerprint density at radius 3 is 1.71 bits per heavy atom. The number of rotatable bonds is 8. The number of para-hydroxylation sites is 1. The Morgan fingerprint density at radius 2 is 1.14 bits per heavy atom. The van der Waals surface area contributed by atoms with Crippen molar-refractivity contribution in [3.8, 4) is 11.1 Å². The molecule has 6 rings (SSSR count). The predicted molar refractivity (Wildman–Crippen MR) is 180 cm³/mol. The van der Waals surface area contributed by atoms with Crippen molar-refractivity contribution in [2.75, 3.05) is 9.80 Å². The fourth-order valence-corrected chi connectivity index (χ4v) is 5.69. The summed E-state index contributed by atoms with van der Waals surface area (Å²) >= 11 is 0. The number of nitrogens with zero attached hydrogens (tertiary/aromatic N) is 2. The number of hydrogen-bond donors (Lipinski definition) is 0. The Labute approximate surface area is 250 Å². The van der Waals surface area contributed by atoms with Crippen LogP contribution in [-0.2, 0) is 0 Å². The van der Waals surface area contributed by atoms with Crippen molar-refractivity contribution in [3.63, 3.8) is 0 Å². The van der Waals surface area contributed by atoms with Crippen LogP contribution in [0.2, 0.25) is 0 Å². The van der Waals surface area contributed by atoms with Crippen LogP contribution in [0.25, 0.3) is 11.1 Å². The number of aryl methyl sites for hydroxylation is 2. The maximum atomic E-state index is 3.93. The van der Waals surface area contributed by atoms with Crippen LogP contribution < -0.4 is 9.80 Å². The van der Waals surface area contributed by atoms with Crippen LogP contribution in [0, 0.1) is 13.8 Å². The largest absolute Gasteiger partial charge is 0.334 e. The molecule has 1 aliphatic rings. The smallest absolute Gasteiger partial charge is 0.0560 e. The first-order chi connectivity index (χ1) is 20.6. The molecule has 0 radical (unpaired) electrons. The van der Waals surface area contributed by atoms with Gasteiger partial charge in [0.25, 0.3) is 0 Å². The minimum Gasteiger partial charge on any atom is -0.334 e. The van der Waals surface area contributed by atoms with Crippen LogP contribution in [0.15, 0.2) is 164 Å². The van der Waals surface area contributed by atoms with Crippen LogP contribution in [-0.4, -0.2) is 6.04 Å². The minimum atomic E-state index is 0.242. The van der Waals surface area contributed by atoms with Gasteiger partial charge >= 0.3 is 0 Å². The van der Waals surface area contributed by atoms with E-state index < -0.39 is 0 Å². The van der Waals surface area contributed by atoms with Crippen molar-refractivity contribution in [2.45, 2.75) is 26.3 Å². The van der Waals surface area contributed by atoms with E-state index in [9.17, 15) is 0 Å². The maximum absolute atomic E-state index is 3.93. The third-order valence-corrected chi connectivity index (χ3v) is 7.83. The fraction of sp³-hybridized carbons (Fsp3) is 0.100. The summed E-state index contributed by atoms with van der Waals surface area (Å²) in [5.41, 5.74) is 11.9. The molecule has 5 aromatic rings. The van der Waals surface area contributed by atoms with Crippen molar-refractivity contribution in [2.24, 2.45) is 0 Å². The summed E-state index contributed by atoms with van der Waals surface area (Å²) in [6, 6.07) is 46.0. The Balaban J connectivity index is 1.30. The van der Waals surface area contributed by atoms with Gasteiger partial charge in [-0.15, -0.1) is 0 Å². The molecule has 1 atom stereocenters. The maximum Gasteiger partial charge on any atom is 0.0560 e. The van der Waals surface area contributed by atoms with Gasteiger partial charge in [-0.3, -0.25) is 0 Å². The van der Waals surface area contributed by atoms with Gasteiger partial charge < -0.3 is 9.80 Å². The van der Waals surface area contributed by atoms with E-state index >= 15 is 0 Å². The van der Waals surface area contributed by atoms with Crippen molar-refractivity contribution < 1.29 is 0 Å². The molecule has 0 saturated carbocycles. The lowest BCUT2D eigenvalue weighted by molar-refractivity contribution is 0.781. The summed E-state index contributed by atoms with van der Waals surface area (Å²) in [5.74, 6) is 0. The highest BCUT2D eigenvalue weighted by atomic mass is 15.2. The van der Waals surface area contributed by atoms with Crippen molar-refractivity contribution in [3.05, 3.63) is 175 Å². The second-order valence-corrected chi connectivity index (χ2v) is 10.9. The average Bonchev–Trinajstić information content (AvgIpc) is 3.03. The molecule has 5 aromatic carbocycles. The highest BCUT2D eigenvalue weighted by molar-refractivity contribution is 5.79. The standard InChI is InChI=1S/C40H36N2/c1-4-32-16-22-36(23-17-32)42(40-15-9-11-31(3)29-40)38-26-20-34(21-27-38)33-18-24-37(25-19-33)41(35-12-6-5-7-13-35)39-14-8-10-30(2)28-39/h4-22,24-29,36H,1,23H2,2-3H3. The SMILES string of the molecule is C=CC1=CCC(N(c2ccc(-c3ccc(N(c4ccccc4)c4cccc(C)c4)cc3)cc2)c2cccc(C)c2)C=C1. The monoisotopic (exact) mass is 544 g/mol. The van der Waals surface area contributed by atoms with Crippen LogP contribution in [0.5, 0.6) is 0 Å². The van der Waals surface area contributed by atoms with E-state index in [1.807, 2.05) is 6.08 Å².